The van der Waals surface area contributed by atoms with Crippen LogP contribution >= 0.6 is 0 Å². The number of hydrogen-bond acceptors (Lipinski definition) is 13. The molecule has 0 aliphatic carbocycles. The summed E-state index contributed by atoms with van der Waals surface area (Å²) in [6, 6.07) is -0.824. The van der Waals surface area contributed by atoms with Crippen molar-refractivity contribution in [2.24, 2.45) is 0 Å². The Kier molecular flexibility index (Phi) is 49.1. The van der Waals surface area contributed by atoms with E-state index < -0.39 is 86.8 Å². The molecule has 9 N–H and O–H groups in total. The molecule has 0 aromatic heterocycles. The zero-order valence-electron chi connectivity index (χ0n) is 51.6. The van der Waals surface area contributed by atoms with Crippen LogP contribution in [0, 0.1) is 0 Å². The Labute approximate surface area is 489 Å². The van der Waals surface area contributed by atoms with Crippen LogP contribution in [-0.2, 0) is 23.7 Å². The van der Waals surface area contributed by atoms with Crippen molar-refractivity contribution in [1.82, 2.24) is 5.32 Å². The van der Waals surface area contributed by atoms with E-state index in [4.69, 9.17) is 18.9 Å². The maximum Gasteiger partial charge on any atom is 0.220 e. The SMILES string of the molecule is CCCCCCCCCCCCCCCCCCCCCCCCCCC(O)C(COC1OC(CO)C(OC2OC(CO)C(O)C(O)C2O)C(O)C1O)NC(=O)CCCCCCCCCCCCCCCCCCCCCCCC. The zero-order valence-corrected chi connectivity index (χ0v) is 51.6. The molecule has 2 saturated heterocycles. The summed E-state index contributed by atoms with van der Waals surface area (Å²) in [7, 11) is 0. The molecule has 80 heavy (non-hydrogen) atoms. The van der Waals surface area contributed by atoms with Crippen molar-refractivity contribution in [3.63, 3.8) is 0 Å². The van der Waals surface area contributed by atoms with Crippen molar-refractivity contribution in [2.75, 3.05) is 19.8 Å². The van der Waals surface area contributed by atoms with Gasteiger partial charge in [-0.1, -0.05) is 303 Å². The molecule has 2 aliphatic rings. The fraction of sp³-hybridized carbons (Fsp3) is 0.985. The van der Waals surface area contributed by atoms with Crippen molar-refractivity contribution in [3.05, 3.63) is 0 Å². The fourth-order valence-electron chi connectivity index (χ4n) is 11.8. The molecule has 0 spiro atoms. The summed E-state index contributed by atoms with van der Waals surface area (Å²) in [6.45, 7) is 2.93. The van der Waals surface area contributed by atoms with Gasteiger partial charge < -0.3 is 65.1 Å². The van der Waals surface area contributed by atoms with Crippen LogP contribution in [0.5, 0.6) is 0 Å². The smallest absolute Gasteiger partial charge is 0.220 e. The van der Waals surface area contributed by atoms with Gasteiger partial charge in [-0.3, -0.25) is 4.79 Å². The van der Waals surface area contributed by atoms with Crippen molar-refractivity contribution in [2.45, 2.75) is 396 Å². The van der Waals surface area contributed by atoms with E-state index in [-0.39, 0.29) is 12.5 Å². The number of aliphatic hydroxyl groups is 8. The Morgan fingerprint density at radius 3 is 1.06 bits per heavy atom. The number of ether oxygens (including phenoxy) is 4. The van der Waals surface area contributed by atoms with Gasteiger partial charge in [0, 0.05) is 6.42 Å². The third-order valence-electron chi connectivity index (χ3n) is 17.3. The van der Waals surface area contributed by atoms with Gasteiger partial charge in [-0.15, -0.1) is 0 Å². The topological polar surface area (TPSA) is 228 Å². The molecule has 2 fully saturated rings. The number of hydrogen-bond donors (Lipinski definition) is 9. The first-order valence-electron chi connectivity index (χ1n) is 34.3. The molecule has 0 aromatic carbocycles. The van der Waals surface area contributed by atoms with E-state index in [0.717, 1.165) is 51.4 Å². The molecule has 476 valence electrons. The van der Waals surface area contributed by atoms with Crippen LogP contribution in [0.15, 0.2) is 0 Å². The molecule has 0 aromatic rings. The quantitative estimate of drug-likeness (QED) is 0.0259. The Morgan fingerprint density at radius 1 is 0.400 bits per heavy atom. The molecule has 0 bridgehead atoms. The Morgan fingerprint density at radius 2 is 0.713 bits per heavy atom. The minimum atomic E-state index is -1.78. The highest BCUT2D eigenvalue weighted by molar-refractivity contribution is 5.76. The molecule has 2 aliphatic heterocycles. The maximum absolute atomic E-state index is 13.3. The summed E-state index contributed by atoms with van der Waals surface area (Å²) in [4.78, 5) is 13.3. The zero-order chi connectivity index (χ0) is 58.1. The molecular weight excluding hydrogens is 1010 g/mol. The number of unbranched alkanes of at least 4 members (excludes halogenated alkanes) is 44. The number of aliphatic hydroxyl groups excluding tert-OH is 8. The largest absolute Gasteiger partial charge is 0.394 e. The number of amides is 1. The Hall–Kier alpha value is -1.01. The molecule has 12 unspecified atom stereocenters. The Bertz CT molecular complexity index is 1350. The average molecular weight is 1140 g/mol. The van der Waals surface area contributed by atoms with Crippen molar-refractivity contribution < 1.29 is 64.6 Å². The van der Waals surface area contributed by atoms with Gasteiger partial charge in [-0.25, -0.2) is 0 Å². The lowest BCUT2D eigenvalue weighted by Crippen LogP contribution is -2.65. The maximum atomic E-state index is 13.3. The van der Waals surface area contributed by atoms with Crippen LogP contribution in [0.25, 0.3) is 0 Å². The van der Waals surface area contributed by atoms with Crippen LogP contribution in [0.3, 0.4) is 0 Å². The number of carbonyl (C=O) groups is 1. The van der Waals surface area contributed by atoms with Crippen LogP contribution in [0.4, 0.5) is 0 Å². The lowest BCUT2D eigenvalue weighted by atomic mass is 9.97. The van der Waals surface area contributed by atoms with E-state index in [0.29, 0.717) is 12.8 Å². The van der Waals surface area contributed by atoms with Crippen molar-refractivity contribution in [1.29, 1.82) is 0 Å². The number of nitrogens with one attached hydrogen (secondary N) is 1. The first kappa shape index (κ1) is 75.1. The van der Waals surface area contributed by atoms with Gasteiger partial charge in [0.2, 0.25) is 5.91 Å². The molecule has 14 heteroatoms. The minimum absolute atomic E-state index is 0.197. The number of rotatable bonds is 57. The van der Waals surface area contributed by atoms with E-state index in [1.54, 1.807) is 0 Å². The highest BCUT2D eigenvalue weighted by Crippen LogP contribution is 2.30. The molecule has 0 saturated carbocycles. The summed E-state index contributed by atoms with van der Waals surface area (Å²) in [6.07, 6.45) is 44.0. The summed E-state index contributed by atoms with van der Waals surface area (Å²) in [5, 5.41) is 87.6. The second-order valence-corrected chi connectivity index (χ2v) is 24.7. The van der Waals surface area contributed by atoms with Gasteiger partial charge in [0.1, 0.15) is 48.8 Å². The highest BCUT2D eigenvalue weighted by atomic mass is 16.7. The van der Waals surface area contributed by atoms with Gasteiger partial charge in [0.25, 0.3) is 0 Å². The lowest BCUT2D eigenvalue weighted by molar-refractivity contribution is -0.359. The number of carbonyl (C=O) groups excluding carboxylic acids is 1. The summed E-state index contributed by atoms with van der Waals surface area (Å²) in [5.41, 5.74) is 0. The lowest BCUT2D eigenvalue weighted by Gasteiger charge is -2.46. The predicted molar refractivity (Wildman–Crippen MR) is 323 cm³/mol. The van der Waals surface area contributed by atoms with E-state index in [1.165, 1.54) is 244 Å². The van der Waals surface area contributed by atoms with Crippen LogP contribution in [-0.4, -0.2) is 140 Å². The van der Waals surface area contributed by atoms with Crippen LogP contribution < -0.4 is 5.32 Å². The summed E-state index contributed by atoms with van der Waals surface area (Å²) < 4.78 is 22.9. The van der Waals surface area contributed by atoms with E-state index in [9.17, 15) is 45.6 Å². The van der Waals surface area contributed by atoms with Gasteiger partial charge in [-0.2, -0.15) is 0 Å². The second-order valence-electron chi connectivity index (χ2n) is 24.7. The molecular formula is C66H129NO13. The monoisotopic (exact) mass is 1140 g/mol. The first-order valence-corrected chi connectivity index (χ1v) is 34.3. The Balaban J connectivity index is 1.68. The summed E-state index contributed by atoms with van der Waals surface area (Å²) in [5.74, 6) is -0.197. The molecule has 2 heterocycles. The van der Waals surface area contributed by atoms with Gasteiger partial charge >= 0.3 is 0 Å². The van der Waals surface area contributed by atoms with Gasteiger partial charge in [-0.05, 0) is 12.8 Å². The van der Waals surface area contributed by atoms with E-state index in [1.807, 2.05) is 0 Å². The van der Waals surface area contributed by atoms with E-state index in [2.05, 4.69) is 19.2 Å². The summed E-state index contributed by atoms with van der Waals surface area (Å²) >= 11 is 0. The second kappa shape index (κ2) is 52.3. The van der Waals surface area contributed by atoms with Crippen LogP contribution in [0.1, 0.15) is 322 Å². The highest BCUT2D eigenvalue weighted by Gasteiger charge is 2.51. The van der Waals surface area contributed by atoms with E-state index >= 15 is 0 Å². The molecule has 12 atom stereocenters. The molecule has 0 radical (unpaired) electrons. The molecule has 1 amide bonds. The molecule has 2 rings (SSSR count). The van der Waals surface area contributed by atoms with Crippen molar-refractivity contribution in [3.8, 4) is 0 Å². The third-order valence-corrected chi connectivity index (χ3v) is 17.3. The predicted octanol–water partition coefficient (Wildman–Crippen LogP) is 13.2. The normalized spacial score (nSPS) is 24.1. The first-order chi connectivity index (χ1) is 39.1. The minimum Gasteiger partial charge on any atom is -0.394 e. The van der Waals surface area contributed by atoms with Crippen LogP contribution in [0.2, 0.25) is 0 Å². The van der Waals surface area contributed by atoms with Gasteiger partial charge in [0.15, 0.2) is 12.6 Å². The fourth-order valence-corrected chi connectivity index (χ4v) is 11.8. The van der Waals surface area contributed by atoms with Gasteiger partial charge in [0.05, 0.1) is 32.0 Å². The molecule has 14 nitrogen and oxygen atoms in total. The third kappa shape index (κ3) is 36.7. The average Bonchev–Trinajstić information content (AvgIpc) is 3.49. The van der Waals surface area contributed by atoms with Crippen molar-refractivity contribution >= 4 is 5.91 Å². The standard InChI is InChI=1S/C66H129NO13/c1-3-5-7-9-11-13-15-17-19-21-23-25-27-28-29-31-33-35-37-39-41-43-45-47-49-55(70)54(53-77-65-63(76)61(74)64(57(52-69)79-65)80-66-62(75)60(73)59(72)56(51-68)78-66)67-58(71)50-48-46-44-42-40-38-36-34-32-30-26-24-22-20-18-16-14-12-10-8-6-4-2/h54-57,59-66,68-70,72-76H,3-53H2,1-2H3,(H,67,71).